The van der Waals surface area contributed by atoms with Gasteiger partial charge in [-0.2, -0.15) is 0 Å². The second-order valence-electron chi connectivity index (χ2n) is 8.34. The molecule has 0 fully saturated rings. The van der Waals surface area contributed by atoms with Crippen molar-refractivity contribution in [3.8, 4) is 0 Å². The second kappa shape index (κ2) is 15.1. The van der Waals surface area contributed by atoms with E-state index in [1.807, 2.05) is 19.1 Å². The molecule has 0 saturated carbocycles. The highest BCUT2D eigenvalue weighted by atomic mass is 16.6. The fourth-order valence-electron chi connectivity index (χ4n) is 3.48. The molecule has 1 aromatic heterocycles. The summed E-state index contributed by atoms with van der Waals surface area (Å²) in [6.07, 6.45) is 5.38. The molecular weight excluding hydrogens is 466 g/mol. The number of aromatic nitrogens is 1. The van der Waals surface area contributed by atoms with Crippen molar-refractivity contribution in [2.24, 2.45) is 0 Å². The number of nitrogens with one attached hydrogen (secondary N) is 3. The van der Waals surface area contributed by atoms with E-state index >= 15 is 0 Å². The number of aryl methyl sites for hydroxylation is 1. The lowest BCUT2D eigenvalue weighted by Crippen LogP contribution is -2.39. The molecule has 1 heterocycles. The first-order valence-electron chi connectivity index (χ1n) is 11.8. The Morgan fingerprint density at radius 1 is 1.08 bits per heavy atom. The Morgan fingerprint density at radius 3 is 2.58 bits per heavy atom. The van der Waals surface area contributed by atoms with Crippen LogP contribution in [0.5, 0.6) is 0 Å². The average Bonchev–Trinajstić information content (AvgIpc) is 2.86. The molecule has 0 radical (unpaired) electrons. The van der Waals surface area contributed by atoms with E-state index in [0.717, 1.165) is 37.2 Å². The summed E-state index contributed by atoms with van der Waals surface area (Å²) in [6.45, 7) is 2.55. The normalized spacial score (nSPS) is 11.3. The van der Waals surface area contributed by atoms with Crippen LogP contribution in [0, 0.1) is 17.0 Å². The first kappa shape index (κ1) is 28.2. The number of carbonyl (C=O) groups is 3. The number of hydrogen-bond donors (Lipinski definition) is 3. The Morgan fingerprint density at radius 2 is 1.86 bits per heavy atom. The van der Waals surface area contributed by atoms with Gasteiger partial charge in [0.2, 0.25) is 11.8 Å². The van der Waals surface area contributed by atoms with Crippen molar-refractivity contribution in [3.05, 3.63) is 63.8 Å². The van der Waals surface area contributed by atoms with Gasteiger partial charge in [0.05, 0.1) is 31.0 Å². The summed E-state index contributed by atoms with van der Waals surface area (Å²) in [5, 5.41) is 19.5. The molecule has 2 aromatic rings. The van der Waals surface area contributed by atoms with E-state index in [-0.39, 0.29) is 24.6 Å². The Kier molecular flexibility index (Phi) is 11.8. The number of nitro benzene ring substituents is 1. The average molecular weight is 500 g/mol. The first-order chi connectivity index (χ1) is 17.3. The predicted octanol–water partition coefficient (Wildman–Crippen LogP) is 3.20. The molecule has 0 aliphatic carbocycles. The van der Waals surface area contributed by atoms with Gasteiger partial charge < -0.3 is 20.7 Å². The van der Waals surface area contributed by atoms with E-state index in [1.165, 1.54) is 25.3 Å². The molecule has 0 spiro atoms. The summed E-state index contributed by atoms with van der Waals surface area (Å²) in [4.78, 5) is 51.0. The van der Waals surface area contributed by atoms with E-state index in [9.17, 15) is 24.5 Å². The number of carbonyl (C=O) groups excluding carboxylic acids is 3. The molecule has 0 bridgehead atoms. The standard InChI is InChI=1S/C25H33N5O6/c1-18-11-13-27-22(14-18)26-12-6-4-3-5-10-23(31)28-17-24(32)29-21(16-25(33)36-2)19-8-7-9-20(15-19)30(34)35/h7-9,11,13-15,21H,3-6,10,12,16-17H2,1-2H3,(H,26,27)(H,28,31)(H,29,32). The van der Waals surface area contributed by atoms with Gasteiger partial charge in [-0.1, -0.05) is 25.0 Å². The smallest absolute Gasteiger partial charge is 0.307 e. The minimum absolute atomic E-state index is 0.160. The summed E-state index contributed by atoms with van der Waals surface area (Å²) in [7, 11) is 1.22. The van der Waals surface area contributed by atoms with Crippen molar-refractivity contribution in [2.75, 3.05) is 25.5 Å². The van der Waals surface area contributed by atoms with Gasteiger partial charge in [-0.25, -0.2) is 4.98 Å². The zero-order valence-electron chi connectivity index (χ0n) is 20.6. The molecule has 2 rings (SSSR count). The maximum atomic E-state index is 12.4. The molecular formula is C25H33N5O6. The van der Waals surface area contributed by atoms with Gasteiger partial charge in [-0.15, -0.1) is 0 Å². The van der Waals surface area contributed by atoms with Crippen LogP contribution in [0.15, 0.2) is 42.6 Å². The van der Waals surface area contributed by atoms with Crippen molar-refractivity contribution >= 4 is 29.3 Å². The lowest BCUT2D eigenvalue weighted by Gasteiger charge is -2.18. The maximum absolute atomic E-state index is 12.4. The molecule has 0 aliphatic rings. The molecule has 36 heavy (non-hydrogen) atoms. The van der Waals surface area contributed by atoms with Crippen LogP contribution in [-0.4, -0.2) is 47.9 Å². The highest BCUT2D eigenvalue weighted by Crippen LogP contribution is 2.22. The minimum Gasteiger partial charge on any atom is -0.469 e. The lowest BCUT2D eigenvalue weighted by atomic mass is 10.0. The van der Waals surface area contributed by atoms with Crippen molar-refractivity contribution in [2.45, 2.75) is 51.5 Å². The topological polar surface area (TPSA) is 153 Å². The molecule has 11 nitrogen and oxygen atoms in total. The Labute approximate surface area is 210 Å². The van der Waals surface area contributed by atoms with Crippen LogP contribution in [-0.2, 0) is 19.1 Å². The fourth-order valence-corrected chi connectivity index (χ4v) is 3.48. The number of nitrogens with zero attached hydrogens (tertiary/aromatic N) is 2. The summed E-state index contributed by atoms with van der Waals surface area (Å²) in [5.41, 5.74) is 1.38. The third-order valence-corrected chi connectivity index (χ3v) is 5.42. The van der Waals surface area contributed by atoms with Crippen molar-refractivity contribution < 1.29 is 24.0 Å². The molecule has 0 saturated heterocycles. The SMILES string of the molecule is COC(=O)CC(NC(=O)CNC(=O)CCCCCCNc1cc(C)ccn1)c1cccc([N+](=O)[O-])c1. The van der Waals surface area contributed by atoms with Crippen LogP contribution in [0.3, 0.4) is 0 Å². The monoisotopic (exact) mass is 499 g/mol. The third kappa shape index (κ3) is 10.5. The quantitative estimate of drug-likeness (QED) is 0.146. The number of non-ortho nitro benzene ring substituents is 1. The van der Waals surface area contributed by atoms with E-state index in [2.05, 4.69) is 25.7 Å². The van der Waals surface area contributed by atoms with Crippen LogP contribution in [0.1, 0.15) is 55.7 Å². The molecule has 1 atom stereocenters. The summed E-state index contributed by atoms with van der Waals surface area (Å²) >= 11 is 0. The molecule has 0 aliphatic heterocycles. The summed E-state index contributed by atoms with van der Waals surface area (Å²) < 4.78 is 4.67. The number of rotatable bonds is 15. The Bertz CT molecular complexity index is 1050. The highest BCUT2D eigenvalue weighted by Gasteiger charge is 2.21. The summed E-state index contributed by atoms with van der Waals surface area (Å²) in [6, 6.07) is 8.76. The van der Waals surface area contributed by atoms with Gasteiger partial charge >= 0.3 is 5.97 Å². The van der Waals surface area contributed by atoms with Gasteiger partial charge in [0.1, 0.15) is 5.82 Å². The second-order valence-corrected chi connectivity index (χ2v) is 8.34. The van der Waals surface area contributed by atoms with Gasteiger partial charge in [-0.05, 0) is 43.0 Å². The number of methoxy groups -OCH3 is 1. The van der Waals surface area contributed by atoms with Gasteiger partial charge in [0.25, 0.3) is 5.69 Å². The van der Waals surface area contributed by atoms with E-state index in [1.54, 1.807) is 12.3 Å². The van der Waals surface area contributed by atoms with Crippen molar-refractivity contribution in [1.29, 1.82) is 0 Å². The highest BCUT2D eigenvalue weighted by molar-refractivity contribution is 5.85. The molecule has 1 aromatic carbocycles. The number of unbranched alkanes of at least 4 members (excludes halogenated alkanes) is 3. The number of esters is 1. The van der Waals surface area contributed by atoms with Crippen molar-refractivity contribution in [1.82, 2.24) is 15.6 Å². The zero-order valence-corrected chi connectivity index (χ0v) is 20.6. The van der Waals surface area contributed by atoms with Gasteiger partial charge in [0, 0.05) is 31.3 Å². The number of benzene rings is 1. The number of nitro groups is 1. The Balaban J connectivity index is 1.69. The van der Waals surface area contributed by atoms with Crippen molar-refractivity contribution in [3.63, 3.8) is 0 Å². The molecule has 194 valence electrons. The fraction of sp³-hybridized carbons (Fsp3) is 0.440. The van der Waals surface area contributed by atoms with E-state index in [4.69, 9.17) is 0 Å². The zero-order chi connectivity index (χ0) is 26.3. The largest absolute Gasteiger partial charge is 0.469 e. The maximum Gasteiger partial charge on any atom is 0.307 e. The number of ether oxygens (including phenoxy) is 1. The number of amides is 2. The van der Waals surface area contributed by atoms with Crippen LogP contribution < -0.4 is 16.0 Å². The Hall–Kier alpha value is -4.02. The third-order valence-electron chi connectivity index (χ3n) is 5.42. The van der Waals surface area contributed by atoms with Crippen LogP contribution >= 0.6 is 0 Å². The van der Waals surface area contributed by atoms with E-state index < -0.39 is 22.8 Å². The summed E-state index contributed by atoms with van der Waals surface area (Å²) in [5.74, 6) is -0.486. The molecule has 2 amide bonds. The van der Waals surface area contributed by atoms with Crippen LogP contribution in [0.2, 0.25) is 0 Å². The number of hydrogen-bond acceptors (Lipinski definition) is 8. The number of anilines is 1. The number of pyridine rings is 1. The van der Waals surface area contributed by atoms with Crippen LogP contribution in [0.25, 0.3) is 0 Å². The molecule has 11 heteroatoms. The first-order valence-corrected chi connectivity index (χ1v) is 11.8. The minimum atomic E-state index is -0.828. The van der Waals surface area contributed by atoms with Gasteiger partial charge in [-0.3, -0.25) is 24.5 Å². The lowest BCUT2D eigenvalue weighted by molar-refractivity contribution is -0.384. The molecule has 3 N–H and O–H groups in total. The van der Waals surface area contributed by atoms with Gasteiger partial charge in [0.15, 0.2) is 0 Å². The predicted molar refractivity (Wildman–Crippen MR) is 134 cm³/mol. The van der Waals surface area contributed by atoms with E-state index in [0.29, 0.717) is 18.4 Å². The molecule has 1 unspecified atom stereocenters. The van der Waals surface area contributed by atoms with Crippen LogP contribution in [0.4, 0.5) is 11.5 Å².